The van der Waals surface area contributed by atoms with Crippen LogP contribution in [-0.2, 0) is 0 Å². The highest BCUT2D eigenvalue weighted by Gasteiger charge is 2.09. The van der Waals surface area contributed by atoms with E-state index in [0.717, 1.165) is 22.2 Å². The fourth-order valence-electron chi connectivity index (χ4n) is 1.62. The fourth-order valence-corrected chi connectivity index (χ4v) is 1.62. The number of aryl methyl sites for hydroxylation is 1. The van der Waals surface area contributed by atoms with E-state index in [0.29, 0.717) is 5.89 Å². The Morgan fingerprint density at radius 2 is 2.19 bits per heavy atom. The molecule has 0 fully saturated rings. The van der Waals surface area contributed by atoms with Crippen LogP contribution in [0.25, 0.3) is 22.4 Å². The van der Waals surface area contributed by atoms with Crippen LogP contribution in [0.3, 0.4) is 0 Å². The number of aromatic amines is 1. The third kappa shape index (κ3) is 1.23. The lowest BCUT2D eigenvalue weighted by Gasteiger charge is -1.94. The Labute approximate surface area is 90.5 Å². The molecule has 2 aromatic heterocycles. The van der Waals surface area contributed by atoms with Gasteiger partial charge in [-0.15, -0.1) is 5.10 Å². The number of nitrogen functional groups attached to an aromatic ring is 1. The molecular weight excluding hydrogens is 206 g/mol. The molecule has 0 aliphatic rings. The number of nitrogens with two attached hydrogens (primary N) is 1. The van der Waals surface area contributed by atoms with Crippen molar-refractivity contribution in [3.8, 4) is 11.5 Å². The summed E-state index contributed by atoms with van der Waals surface area (Å²) < 4.78 is 5.16. The van der Waals surface area contributed by atoms with Crippen LogP contribution in [-0.4, -0.2) is 20.4 Å². The number of rotatable bonds is 1. The van der Waals surface area contributed by atoms with Gasteiger partial charge < -0.3 is 10.2 Å². The molecular formula is C10H9N5O. The molecule has 2 heterocycles. The summed E-state index contributed by atoms with van der Waals surface area (Å²) in [5.74, 6) is 0.417. The molecule has 0 unspecified atom stereocenters. The predicted molar refractivity (Wildman–Crippen MR) is 58.5 cm³/mol. The molecule has 0 saturated carbocycles. The third-order valence-corrected chi connectivity index (χ3v) is 2.43. The van der Waals surface area contributed by atoms with Crippen molar-refractivity contribution in [1.82, 2.24) is 20.4 Å². The van der Waals surface area contributed by atoms with Gasteiger partial charge in [0.15, 0.2) is 0 Å². The summed E-state index contributed by atoms with van der Waals surface area (Å²) >= 11 is 0. The molecule has 0 amide bonds. The molecule has 0 spiro atoms. The van der Waals surface area contributed by atoms with Gasteiger partial charge in [-0.3, -0.25) is 5.10 Å². The molecule has 0 radical (unpaired) electrons. The van der Waals surface area contributed by atoms with Gasteiger partial charge in [-0.2, -0.15) is 5.10 Å². The van der Waals surface area contributed by atoms with E-state index in [1.54, 1.807) is 0 Å². The summed E-state index contributed by atoms with van der Waals surface area (Å²) in [4.78, 5) is 0. The minimum atomic E-state index is 0.0685. The Hall–Kier alpha value is -2.37. The molecule has 0 aliphatic heterocycles. The smallest absolute Gasteiger partial charge is 0.313 e. The first-order valence-corrected chi connectivity index (χ1v) is 4.78. The summed E-state index contributed by atoms with van der Waals surface area (Å²) in [5.41, 5.74) is 8.13. The average Bonchev–Trinajstić information content (AvgIpc) is 2.86. The molecule has 6 nitrogen and oxygen atoms in total. The zero-order valence-corrected chi connectivity index (χ0v) is 8.56. The molecule has 3 N–H and O–H groups in total. The van der Waals surface area contributed by atoms with Gasteiger partial charge in [-0.1, -0.05) is 5.10 Å². The molecule has 6 heteroatoms. The van der Waals surface area contributed by atoms with Crippen molar-refractivity contribution >= 4 is 16.9 Å². The van der Waals surface area contributed by atoms with Crippen molar-refractivity contribution in [1.29, 1.82) is 0 Å². The second kappa shape index (κ2) is 3.06. The number of fused-ring (bicyclic) bond motifs is 1. The van der Waals surface area contributed by atoms with Crippen LogP contribution in [0.4, 0.5) is 6.01 Å². The first kappa shape index (κ1) is 8.90. The van der Waals surface area contributed by atoms with E-state index in [1.165, 1.54) is 0 Å². The van der Waals surface area contributed by atoms with Crippen molar-refractivity contribution in [3.63, 3.8) is 0 Å². The SMILES string of the molecule is Cc1[nH]nc2ccc(-c3nnc(N)o3)cc12. The van der Waals surface area contributed by atoms with Gasteiger partial charge in [0.25, 0.3) is 0 Å². The van der Waals surface area contributed by atoms with Crippen molar-refractivity contribution in [2.75, 3.05) is 5.73 Å². The highest BCUT2D eigenvalue weighted by Crippen LogP contribution is 2.24. The van der Waals surface area contributed by atoms with Crippen LogP contribution in [0.2, 0.25) is 0 Å². The summed E-state index contributed by atoms with van der Waals surface area (Å²) in [7, 11) is 0. The number of benzene rings is 1. The summed E-state index contributed by atoms with van der Waals surface area (Å²) in [6, 6.07) is 5.78. The maximum absolute atomic E-state index is 5.38. The maximum atomic E-state index is 5.38. The first-order chi connectivity index (χ1) is 7.74. The van der Waals surface area contributed by atoms with Gasteiger partial charge in [0, 0.05) is 16.6 Å². The van der Waals surface area contributed by atoms with Crippen LogP contribution in [0.5, 0.6) is 0 Å². The number of hydrogen-bond donors (Lipinski definition) is 2. The molecule has 3 aromatic rings. The molecule has 0 bridgehead atoms. The molecule has 80 valence electrons. The van der Waals surface area contributed by atoms with Crippen molar-refractivity contribution in [2.24, 2.45) is 0 Å². The Bertz CT molecular complexity index is 654. The lowest BCUT2D eigenvalue weighted by atomic mass is 10.1. The summed E-state index contributed by atoms with van der Waals surface area (Å²) in [6.45, 7) is 1.96. The highest BCUT2D eigenvalue weighted by atomic mass is 16.4. The number of anilines is 1. The number of nitrogens with one attached hydrogen (secondary N) is 1. The van der Waals surface area contributed by atoms with E-state index in [-0.39, 0.29) is 6.01 Å². The van der Waals surface area contributed by atoms with E-state index in [9.17, 15) is 0 Å². The van der Waals surface area contributed by atoms with Gasteiger partial charge in [0.2, 0.25) is 5.89 Å². The van der Waals surface area contributed by atoms with Crippen LogP contribution >= 0.6 is 0 Å². The molecule has 0 aliphatic carbocycles. The zero-order chi connectivity index (χ0) is 11.1. The van der Waals surface area contributed by atoms with Crippen molar-refractivity contribution in [3.05, 3.63) is 23.9 Å². The second-order valence-electron chi connectivity index (χ2n) is 3.53. The van der Waals surface area contributed by atoms with E-state index in [2.05, 4.69) is 20.4 Å². The van der Waals surface area contributed by atoms with Crippen molar-refractivity contribution < 1.29 is 4.42 Å². The Kier molecular flexibility index (Phi) is 1.70. The first-order valence-electron chi connectivity index (χ1n) is 4.78. The minimum absolute atomic E-state index is 0.0685. The highest BCUT2D eigenvalue weighted by molar-refractivity contribution is 5.85. The molecule has 1 aromatic carbocycles. The largest absolute Gasteiger partial charge is 0.404 e. The average molecular weight is 215 g/mol. The van der Waals surface area contributed by atoms with Crippen LogP contribution in [0.1, 0.15) is 5.69 Å². The normalized spacial score (nSPS) is 11.1. The van der Waals surface area contributed by atoms with Crippen LogP contribution < -0.4 is 5.73 Å². The topological polar surface area (TPSA) is 93.6 Å². The summed E-state index contributed by atoms with van der Waals surface area (Å²) in [5, 5.41) is 15.6. The predicted octanol–water partition coefficient (Wildman–Crippen LogP) is 1.50. The lowest BCUT2D eigenvalue weighted by Crippen LogP contribution is -1.81. The third-order valence-electron chi connectivity index (χ3n) is 2.43. The van der Waals surface area contributed by atoms with Gasteiger partial charge in [-0.05, 0) is 25.1 Å². The monoisotopic (exact) mass is 215 g/mol. The fraction of sp³-hybridized carbons (Fsp3) is 0.100. The molecule has 16 heavy (non-hydrogen) atoms. The van der Waals surface area contributed by atoms with E-state index in [4.69, 9.17) is 10.2 Å². The van der Waals surface area contributed by atoms with Gasteiger partial charge >= 0.3 is 6.01 Å². The van der Waals surface area contributed by atoms with Crippen LogP contribution in [0, 0.1) is 6.92 Å². The molecule has 0 saturated heterocycles. The number of aromatic nitrogens is 4. The number of nitrogens with zero attached hydrogens (tertiary/aromatic N) is 3. The summed E-state index contributed by atoms with van der Waals surface area (Å²) in [6.07, 6.45) is 0. The van der Waals surface area contributed by atoms with E-state index in [1.807, 2.05) is 25.1 Å². The van der Waals surface area contributed by atoms with Gasteiger partial charge in [0.1, 0.15) is 0 Å². The maximum Gasteiger partial charge on any atom is 0.313 e. The number of H-pyrrole nitrogens is 1. The molecule has 0 atom stereocenters. The van der Waals surface area contributed by atoms with Gasteiger partial charge in [-0.25, -0.2) is 0 Å². The Morgan fingerprint density at radius 3 is 2.94 bits per heavy atom. The Morgan fingerprint density at radius 1 is 1.31 bits per heavy atom. The Balaban J connectivity index is 2.21. The zero-order valence-electron chi connectivity index (χ0n) is 8.56. The minimum Gasteiger partial charge on any atom is -0.404 e. The quantitative estimate of drug-likeness (QED) is 0.641. The van der Waals surface area contributed by atoms with Gasteiger partial charge in [0.05, 0.1) is 5.52 Å². The van der Waals surface area contributed by atoms with E-state index < -0.39 is 0 Å². The second-order valence-corrected chi connectivity index (χ2v) is 3.53. The molecule has 3 rings (SSSR count). The lowest BCUT2D eigenvalue weighted by molar-refractivity contribution is 0.590. The standard InChI is InChI=1S/C10H9N5O/c1-5-7-4-6(2-3-8(7)13-12-5)9-14-15-10(11)16-9/h2-4H,1H3,(H2,11,15)(H,12,13). The van der Waals surface area contributed by atoms with Crippen molar-refractivity contribution in [2.45, 2.75) is 6.92 Å². The number of hydrogen-bond acceptors (Lipinski definition) is 5. The van der Waals surface area contributed by atoms with E-state index >= 15 is 0 Å². The van der Waals surface area contributed by atoms with Crippen LogP contribution in [0.15, 0.2) is 22.6 Å².